The highest BCUT2D eigenvalue weighted by Crippen LogP contribution is 2.21. The van der Waals surface area contributed by atoms with Crippen molar-refractivity contribution in [2.45, 2.75) is 26.9 Å². The predicted molar refractivity (Wildman–Crippen MR) is 61.8 cm³/mol. The van der Waals surface area contributed by atoms with Crippen molar-refractivity contribution in [2.75, 3.05) is 6.61 Å². The minimum atomic E-state index is -0.176. The summed E-state index contributed by atoms with van der Waals surface area (Å²) in [4.78, 5) is 18.2. The second-order valence-electron chi connectivity index (χ2n) is 3.57. The van der Waals surface area contributed by atoms with Crippen LogP contribution in [0.3, 0.4) is 0 Å². The predicted octanol–water partition coefficient (Wildman–Crippen LogP) is 2.27. The summed E-state index contributed by atoms with van der Waals surface area (Å²) < 4.78 is 5.97. The fourth-order valence-corrected chi connectivity index (χ4v) is 1.51. The number of rotatable bonds is 4. The zero-order chi connectivity index (χ0) is 11.4. The van der Waals surface area contributed by atoms with E-state index in [0.29, 0.717) is 16.9 Å². The Morgan fingerprint density at radius 3 is 2.73 bits per heavy atom. The molecule has 0 fully saturated rings. The van der Waals surface area contributed by atoms with Gasteiger partial charge in [-0.1, -0.05) is 13.8 Å². The highest BCUT2D eigenvalue weighted by Gasteiger charge is 2.18. The van der Waals surface area contributed by atoms with E-state index in [9.17, 15) is 4.79 Å². The summed E-state index contributed by atoms with van der Waals surface area (Å²) in [5.74, 6) is 0.856. The van der Waals surface area contributed by atoms with Crippen molar-refractivity contribution >= 4 is 15.9 Å². The van der Waals surface area contributed by atoms with Crippen LogP contribution < -0.4 is 5.56 Å². The Kier molecular flexibility index (Phi) is 4.47. The largest absolute Gasteiger partial charge is 0.370 e. The molecule has 0 aliphatic rings. The topological polar surface area (TPSA) is 55.0 Å². The van der Waals surface area contributed by atoms with E-state index < -0.39 is 0 Å². The highest BCUT2D eigenvalue weighted by atomic mass is 79.9. The molecule has 0 aromatic carbocycles. The summed E-state index contributed by atoms with van der Waals surface area (Å²) in [6.07, 6.45) is 1.35. The van der Waals surface area contributed by atoms with Gasteiger partial charge < -0.3 is 9.72 Å². The van der Waals surface area contributed by atoms with Gasteiger partial charge in [-0.05, 0) is 28.8 Å². The summed E-state index contributed by atoms with van der Waals surface area (Å²) in [6.45, 7) is 6.58. The van der Waals surface area contributed by atoms with Crippen LogP contribution in [0.15, 0.2) is 15.5 Å². The van der Waals surface area contributed by atoms with Gasteiger partial charge in [-0.3, -0.25) is 4.79 Å². The molecular weight excluding hydrogens is 260 g/mol. The van der Waals surface area contributed by atoms with Crippen LogP contribution in [0, 0.1) is 5.92 Å². The van der Waals surface area contributed by atoms with Crippen molar-refractivity contribution in [3.8, 4) is 0 Å². The van der Waals surface area contributed by atoms with Gasteiger partial charge in [0, 0.05) is 12.8 Å². The van der Waals surface area contributed by atoms with Crippen LogP contribution in [0.25, 0.3) is 0 Å². The standard InChI is InChI=1S/C10H15BrN2O2/c1-4-15-8(6(2)3)9-12-5-7(11)10(14)13-9/h5-6,8H,4H2,1-3H3,(H,12,13,14). The first-order valence-corrected chi connectivity index (χ1v) is 5.71. The van der Waals surface area contributed by atoms with Gasteiger partial charge in [-0.2, -0.15) is 0 Å². The SMILES string of the molecule is CCOC(c1ncc(Br)c(=O)[nH]1)C(C)C. The minimum Gasteiger partial charge on any atom is -0.370 e. The van der Waals surface area contributed by atoms with E-state index in [1.165, 1.54) is 6.20 Å². The molecule has 0 saturated heterocycles. The van der Waals surface area contributed by atoms with E-state index in [4.69, 9.17) is 4.74 Å². The number of halogens is 1. The Labute approximate surface area is 97.2 Å². The molecule has 1 N–H and O–H groups in total. The lowest BCUT2D eigenvalue weighted by atomic mass is 10.1. The summed E-state index contributed by atoms with van der Waals surface area (Å²) in [6, 6.07) is 0. The Morgan fingerprint density at radius 2 is 2.27 bits per heavy atom. The third-order valence-corrected chi connectivity index (χ3v) is 2.56. The summed E-state index contributed by atoms with van der Waals surface area (Å²) >= 11 is 3.11. The molecule has 15 heavy (non-hydrogen) atoms. The number of ether oxygens (including phenoxy) is 1. The lowest BCUT2D eigenvalue weighted by Crippen LogP contribution is -2.19. The first-order valence-electron chi connectivity index (χ1n) is 4.92. The maximum absolute atomic E-state index is 11.4. The molecule has 0 aliphatic carbocycles. The number of H-pyrrole nitrogens is 1. The molecule has 1 heterocycles. The smallest absolute Gasteiger partial charge is 0.265 e. The third kappa shape index (κ3) is 3.14. The number of aromatic nitrogens is 2. The molecule has 0 amide bonds. The molecule has 84 valence electrons. The van der Waals surface area contributed by atoms with Crippen LogP contribution >= 0.6 is 15.9 Å². The lowest BCUT2D eigenvalue weighted by molar-refractivity contribution is 0.0230. The molecule has 0 saturated carbocycles. The number of hydrogen-bond acceptors (Lipinski definition) is 3. The zero-order valence-electron chi connectivity index (χ0n) is 9.08. The van der Waals surface area contributed by atoms with E-state index in [1.54, 1.807) is 0 Å². The average Bonchev–Trinajstić information content (AvgIpc) is 2.18. The van der Waals surface area contributed by atoms with Crippen molar-refractivity contribution in [3.63, 3.8) is 0 Å². The first kappa shape index (κ1) is 12.4. The minimum absolute atomic E-state index is 0.157. The quantitative estimate of drug-likeness (QED) is 0.917. The fraction of sp³-hybridized carbons (Fsp3) is 0.600. The Bertz CT molecular complexity index is 376. The number of nitrogens with one attached hydrogen (secondary N) is 1. The molecule has 0 spiro atoms. The van der Waals surface area contributed by atoms with Crippen molar-refractivity contribution in [3.05, 3.63) is 26.8 Å². The van der Waals surface area contributed by atoms with E-state index in [-0.39, 0.29) is 17.6 Å². The van der Waals surface area contributed by atoms with Crippen LogP contribution in [-0.4, -0.2) is 16.6 Å². The number of aromatic amines is 1. The van der Waals surface area contributed by atoms with Gasteiger partial charge >= 0.3 is 0 Å². The monoisotopic (exact) mass is 274 g/mol. The van der Waals surface area contributed by atoms with Crippen molar-refractivity contribution in [2.24, 2.45) is 5.92 Å². The van der Waals surface area contributed by atoms with Crippen molar-refractivity contribution in [1.82, 2.24) is 9.97 Å². The normalized spacial score (nSPS) is 13.1. The van der Waals surface area contributed by atoms with Gasteiger partial charge in [0.1, 0.15) is 16.4 Å². The maximum Gasteiger partial charge on any atom is 0.265 e. The Hall–Kier alpha value is -0.680. The molecule has 1 aromatic rings. The lowest BCUT2D eigenvalue weighted by Gasteiger charge is -2.19. The second-order valence-corrected chi connectivity index (χ2v) is 4.42. The zero-order valence-corrected chi connectivity index (χ0v) is 10.7. The van der Waals surface area contributed by atoms with Crippen LogP contribution in [-0.2, 0) is 4.74 Å². The van der Waals surface area contributed by atoms with E-state index in [0.717, 1.165) is 0 Å². The third-order valence-electron chi connectivity index (χ3n) is 2.00. The second kappa shape index (κ2) is 5.42. The highest BCUT2D eigenvalue weighted by molar-refractivity contribution is 9.10. The van der Waals surface area contributed by atoms with Gasteiger partial charge in [0.2, 0.25) is 0 Å². The van der Waals surface area contributed by atoms with Crippen LogP contribution in [0.5, 0.6) is 0 Å². The molecule has 1 atom stereocenters. The Balaban J connectivity index is 3.01. The molecule has 1 unspecified atom stereocenters. The molecule has 5 heteroatoms. The molecule has 1 rings (SSSR count). The van der Waals surface area contributed by atoms with Gasteiger partial charge in [0.25, 0.3) is 5.56 Å². The van der Waals surface area contributed by atoms with Crippen LogP contribution in [0.2, 0.25) is 0 Å². The summed E-state index contributed by atoms with van der Waals surface area (Å²) in [5.41, 5.74) is -0.176. The molecule has 0 bridgehead atoms. The van der Waals surface area contributed by atoms with E-state index in [2.05, 4.69) is 25.9 Å². The number of nitrogens with zero attached hydrogens (tertiary/aromatic N) is 1. The van der Waals surface area contributed by atoms with Crippen molar-refractivity contribution in [1.29, 1.82) is 0 Å². The Morgan fingerprint density at radius 1 is 1.60 bits per heavy atom. The van der Waals surface area contributed by atoms with Crippen molar-refractivity contribution < 1.29 is 4.74 Å². The summed E-state index contributed by atoms with van der Waals surface area (Å²) in [5, 5.41) is 0. The van der Waals surface area contributed by atoms with E-state index in [1.807, 2.05) is 20.8 Å². The summed E-state index contributed by atoms with van der Waals surface area (Å²) in [7, 11) is 0. The first-order chi connectivity index (χ1) is 7.06. The fourth-order valence-electron chi connectivity index (χ4n) is 1.30. The van der Waals surface area contributed by atoms with E-state index >= 15 is 0 Å². The maximum atomic E-state index is 11.4. The molecule has 1 aromatic heterocycles. The van der Waals surface area contributed by atoms with Gasteiger partial charge in [-0.15, -0.1) is 0 Å². The molecule has 0 aliphatic heterocycles. The van der Waals surface area contributed by atoms with Crippen LogP contribution in [0.1, 0.15) is 32.7 Å². The van der Waals surface area contributed by atoms with Gasteiger partial charge in [-0.25, -0.2) is 4.98 Å². The number of hydrogen-bond donors (Lipinski definition) is 1. The molecule has 4 nitrogen and oxygen atoms in total. The van der Waals surface area contributed by atoms with Crippen LogP contribution in [0.4, 0.5) is 0 Å². The van der Waals surface area contributed by atoms with Gasteiger partial charge in [0.15, 0.2) is 0 Å². The molecular formula is C10H15BrN2O2. The van der Waals surface area contributed by atoms with Gasteiger partial charge in [0.05, 0.1) is 0 Å². The average molecular weight is 275 g/mol. The molecule has 0 radical (unpaired) electrons.